The van der Waals surface area contributed by atoms with E-state index < -0.39 is 5.97 Å². The molecule has 0 saturated heterocycles. The van der Waals surface area contributed by atoms with E-state index in [1.165, 1.54) is 4.90 Å². The molecule has 5 heteroatoms. The van der Waals surface area contributed by atoms with Crippen LogP contribution >= 0.6 is 0 Å². The summed E-state index contributed by atoms with van der Waals surface area (Å²) in [7, 11) is 0. The Hall–Kier alpha value is -2.82. The van der Waals surface area contributed by atoms with Crippen molar-refractivity contribution in [3.05, 3.63) is 59.7 Å². The molecule has 0 aliphatic carbocycles. The Morgan fingerprint density at radius 1 is 1.09 bits per heavy atom. The third kappa shape index (κ3) is 4.10. The predicted octanol–water partition coefficient (Wildman–Crippen LogP) is 2.79. The van der Waals surface area contributed by atoms with E-state index in [1.54, 1.807) is 31.2 Å². The van der Waals surface area contributed by atoms with Crippen LogP contribution in [-0.4, -0.2) is 25.0 Å². The highest BCUT2D eigenvalue weighted by molar-refractivity contribution is 6.08. The molecule has 0 bridgehead atoms. The third-order valence-electron chi connectivity index (χ3n) is 3.40. The van der Waals surface area contributed by atoms with E-state index in [4.69, 9.17) is 10.5 Å². The largest absolute Gasteiger partial charge is 0.465 e. The zero-order valence-corrected chi connectivity index (χ0v) is 13.3. The Labute approximate surface area is 135 Å². The van der Waals surface area contributed by atoms with Gasteiger partial charge in [-0.3, -0.25) is 14.5 Å². The maximum absolute atomic E-state index is 12.8. The van der Waals surface area contributed by atoms with Gasteiger partial charge in [-0.05, 0) is 49.7 Å². The highest BCUT2D eigenvalue weighted by Crippen LogP contribution is 2.22. The van der Waals surface area contributed by atoms with Crippen LogP contribution < -0.4 is 10.6 Å². The van der Waals surface area contributed by atoms with E-state index in [0.29, 0.717) is 16.9 Å². The average Bonchev–Trinajstić information content (AvgIpc) is 2.54. The number of carbonyl (C=O) groups excluding carboxylic acids is 2. The lowest BCUT2D eigenvalue weighted by Gasteiger charge is -2.23. The first-order valence-electron chi connectivity index (χ1n) is 7.41. The number of benzene rings is 2. The molecular formula is C18H20N2O3. The van der Waals surface area contributed by atoms with Crippen molar-refractivity contribution in [3.8, 4) is 0 Å². The number of nitrogen functional groups attached to an aromatic ring is 1. The molecule has 0 aliphatic rings. The van der Waals surface area contributed by atoms with Gasteiger partial charge in [-0.15, -0.1) is 0 Å². The highest BCUT2D eigenvalue weighted by Gasteiger charge is 2.22. The molecule has 0 radical (unpaired) electrons. The number of carbonyl (C=O) groups is 2. The fourth-order valence-corrected chi connectivity index (χ4v) is 2.25. The van der Waals surface area contributed by atoms with Gasteiger partial charge in [0.25, 0.3) is 5.91 Å². The number of nitrogens with two attached hydrogens (primary N) is 1. The molecule has 120 valence electrons. The van der Waals surface area contributed by atoms with Gasteiger partial charge in [-0.1, -0.05) is 18.2 Å². The van der Waals surface area contributed by atoms with Crippen LogP contribution in [0.2, 0.25) is 0 Å². The molecule has 1 amide bonds. The molecule has 5 nitrogen and oxygen atoms in total. The summed E-state index contributed by atoms with van der Waals surface area (Å²) < 4.78 is 4.99. The second kappa shape index (κ2) is 7.45. The quantitative estimate of drug-likeness (QED) is 0.680. The lowest BCUT2D eigenvalue weighted by Crippen LogP contribution is -2.37. The summed E-state index contributed by atoms with van der Waals surface area (Å²) in [5.74, 6) is -0.716. The number of anilines is 2. The Bertz CT molecular complexity index is 696. The summed E-state index contributed by atoms with van der Waals surface area (Å²) in [5, 5.41) is 0. The van der Waals surface area contributed by atoms with Crippen LogP contribution in [0.3, 0.4) is 0 Å². The molecular weight excluding hydrogens is 292 g/mol. The SMILES string of the molecule is CCOC(=O)CN(C(=O)c1ccc(N)cc1)c1ccccc1C. The maximum atomic E-state index is 12.8. The summed E-state index contributed by atoms with van der Waals surface area (Å²) >= 11 is 0. The van der Waals surface area contributed by atoms with E-state index in [-0.39, 0.29) is 19.1 Å². The van der Waals surface area contributed by atoms with Gasteiger partial charge in [0.2, 0.25) is 0 Å². The number of hydrogen-bond donors (Lipinski definition) is 1. The molecule has 0 saturated carbocycles. The number of para-hydroxylation sites is 1. The van der Waals surface area contributed by atoms with Crippen molar-refractivity contribution >= 4 is 23.3 Å². The molecule has 0 spiro atoms. The second-order valence-electron chi connectivity index (χ2n) is 5.10. The van der Waals surface area contributed by atoms with Crippen LogP contribution in [-0.2, 0) is 9.53 Å². The van der Waals surface area contributed by atoms with Crippen molar-refractivity contribution in [3.63, 3.8) is 0 Å². The summed E-state index contributed by atoms with van der Waals surface area (Å²) in [6, 6.07) is 14.0. The molecule has 2 N–H and O–H groups in total. The highest BCUT2D eigenvalue weighted by atomic mass is 16.5. The standard InChI is InChI=1S/C18H20N2O3/c1-3-23-17(21)12-20(16-7-5-4-6-13(16)2)18(22)14-8-10-15(19)11-9-14/h4-11H,3,12,19H2,1-2H3. The molecule has 0 fully saturated rings. The minimum atomic E-state index is -0.445. The van der Waals surface area contributed by atoms with Crippen molar-refractivity contribution in [2.45, 2.75) is 13.8 Å². The number of ether oxygens (including phenoxy) is 1. The van der Waals surface area contributed by atoms with Gasteiger partial charge in [0, 0.05) is 16.9 Å². The second-order valence-corrected chi connectivity index (χ2v) is 5.10. The Morgan fingerprint density at radius 2 is 1.74 bits per heavy atom. The van der Waals surface area contributed by atoms with Crippen LogP contribution in [0.5, 0.6) is 0 Å². The summed E-state index contributed by atoms with van der Waals surface area (Å²) in [6.07, 6.45) is 0. The van der Waals surface area contributed by atoms with E-state index in [0.717, 1.165) is 5.56 Å². The first kappa shape index (κ1) is 16.5. The molecule has 2 aromatic rings. The lowest BCUT2D eigenvalue weighted by atomic mass is 10.1. The molecule has 0 heterocycles. The predicted molar refractivity (Wildman–Crippen MR) is 90.3 cm³/mol. The van der Waals surface area contributed by atoms with Gasteiger partial charge in [0.1, 0.15) is 6.54 Å². The number of esters is 1. The van der Waals surface area contributed by atoms with Crippen molar-refractivity contribution < 1.29 is 14.3 Å². The van der Waals surface area contributed by atoms with Gasteiger partial charge in [-0.25, -0.2) is 0 Å². The average molecular weight is 312 g/mol. The normalized spacial score (nSPS) is 10.2. The fourth-order valence-electron chi connectivity index (χ4n) is 2.25. The molecule has 0 aliphatic heterocycles. The van der Waals surface area contributed by atoms with Gasteiger partial charge in [0.15, 0.2) is 0 Å². The Kier molecular flexibility index (Phi) is 5.36. The topological polar surface area (TPSA) is 72.6 Å². The number of hydrogen-bond acceptors (Lipinski definition) is 4. The first-order chi connectivity index (χ1) is 11.0. The summed E-state index contributed by atoms with van der Waals surface area (Å²) in [5.41, 5.74) is 8.29. The molecule has 0 unspecified atom stereocenters. The summed E-state index contributed by atoms with van der Waals surface area (Å²) in [4.78, 5) is 26.1. The van der Waals surface area contributed by atoms with Crippen molar-refractivity contribution in [1.82, 2.24) is 0 Å². The maximum Gasteiger partial charge on any atom is 0.326 e. The molecule has 23 heavy (non-hydrogen) atoms. The van der Waals surface area contributed by atoms with Crippen molar-refractivity contribution in [2.75, 3.05) is 23.8 Å². The van der Waals surface area contributed by atoms with Gasteiger partial charge in [-0.2, -0.15) is 0 Å². The minimum absolute atomic E-state index is 0.137. The van der Waals surface area contributed by atoms with E-state index in [9.17, 15) is 9.59 Å². The number of aryl methyl sites for hydroxylation is 1. The lowest BCUT2D eigenvalue weighted by molar-refractivity contribution is -0.141. The van der Waals surface area contributed by atoms with Gasteiger partial charge < -0.3 is 10.5 Å². The van der Waals surface area contributed by atoms with Crippen LogP contribution in [0.15, 0.2) is 48.5 Å². The fraction of sp³-hybridized carbons (Fsp3) is 0.222. The zero-order chi connectivity index (χ0) is 16.8. The first-order valence-corrected chi connectivity index (χ1v) is 7.41. The Balaban J connectivity index is 2.36. The Morgan fingerprint density at radius 3 is 2.35 bits per heavy atom. The molecule has 2 aromatic carbocycles. The molecule has 2 rings (SSSR count). The van der Waals surface area contributed by atoms with Crippen molar-refractivity contribution in [1.29, 1.82) is 0 Å². The minimum Gasteiger partial charge on any atom is -0.465 e. The van der Waals surface area contributed by atoms with Crippen LogP contribution in [0.4, 0.5) is 11.4 Å². The van der Waals surface area contributed by atoms with E-state index >= 15 is 0 Å². The van der Waals surface area contributed by atoms with Crippen LogP contribution in [0.1, 0.15) is 22.8 Å². The van der Waals surface area contributed by atoms with Crippen LogP contribution in [0.25, 0.3) is 0 Å². The van der Waals surface area contributed by atoms with Gasteiger partial charge in [0.05, 0.1) is 6.61 Å². The van der Waals surface area contributed by atoms with Crippen LogP contribution in [0, 0.1) is 6.92 Å². The third-order valence-corrected chi connectivity index (χ3v) is 3.40. The van der Waals surface area contributed by atoms with E-state index in [2.05, 4.69) is 0 Å². The van der Waals surface area contributed by atoms with E-state index in [1.807, 2.05) is 31.2 Å². The zero-order valence-electron chi connectivity index (χ0n) is 13.3. The smallest absolute Gasteiger partial charge is 0.326 e. The van der Waals surface area contributed by atoms with Crippen molar-refractivity contribution in [2.24, 2.45) is 0 Å². The molecule has 0 atom stereocenters. The number of nitrogens with zero attached hydrogens (tertiary/aromatic N) is 1. The molecule has 0 aromatic heterocycles. The summed E-state index contributed by atoms with van der Waals surface area (Å²) in [6.45, 7) is 3.76. The monoisotopic (exact) mass is 312 g/mol. The van der Waals surface area contributed by atoms with Gasteiger partial charge >= 0.3 is 5.97 Å². The number of amides is 1. The number of rotatable bonds is 5.